The van der Waals surface area contributed by atoms with Crippen molar-refractivity contribution in [1.29, 1.82) is 0 Å². The average Bonchev–Trinajstić information content (AvgIpc) is 3.27. The first kappa shape index (κ1) is 20.9. The summed E-state index contributed by atoms with van der Waals surface area (Å²) in [6.07, 6.45) is 2.15. The number of carbonyl (C=O) groups excluding carboxylic acids is 2. The first-order valence-corrected chi connectivity index (χ1v) is 10.7. The van der Waals surface area contributed by atoms with Gasteiger partial charge in [0.05, 0.1) is 4.90 Å². The molecule has 9 heteroatoms. The van der Waals surface area contributed by atoms with Crippen LogP contribution in [0.15, 0.2) is 53.4 Å². The van der Waals surface area contributed by atoms with Crippen LogP contribution in [-0.4, -0.2) is 37.6 Å². The molecule has 0 aromatic heterocycles. The molecule has 29 heavy (non-hydrogen) atoms. The molecule has 2 aromatic rings. The molecule has 1 heterocycles. The molecule has 0 spiro atoms. The van der Waals surface area contributed by atoms with Gasteiger partial charge in [-0.2, -0.15) is 4.31 Å². The van der Waals surface area contributed by atoms with Gasteiger partial charge in [-0.25, -0.2) is 12.8 Å². The molecule has 0 atom stereocenters. The van der Waals surface area contributed by atoms with Gasteiger partial charge in [-0.1, -0.05) is 18.2 Å². The van der Waals surface area contributed by atoms with Gasteiger partial charge in [0.15, 0.2) is 0 Å². The molecule has 1 aliphatic rings. The highest BCUT2D eigenvalue weighted by Crippen LogP contribution is 2.21. The number of rotatable bonds is 6. The van der Waals surface area contributed by atoms with Crippen LogP contribution >= 0.6 is 0 Å². The second-order valence-corrected chi connectivity index (χ2v) is 8.71. The maximum atomic E-state index is 12.9. The van der Waals surface area contributed by atoms with E-state index in [1.807, 2.05) is 0 Å². The first-order chi connectivity index (χ1) is 13.9. The minimum atomic E-state index is -3.63. The Morgan fingerprint density at radius 1 is 1.00 bits per heavy atom. The number of sulfonamides is 1. The van der Waals surface area contributed by atoms with Gasteiger partial charge in [-0.15, -0.1) is 0 Å². The van der Waals surface area contributed by atoms with E-state index in [1.54, 1.807) is 12.1 Å². The van der Waals surface area contributed by atoms with E-state index in [0.717, 1.165) is 18.4 Å². The summed E-state index contributed by atoms with van der Waals surface area (Å²) in [6.45, 7) is 0.950. The lowest BCUT2D eigenvalue weighted by Crippen LogP contribution is -2.41. The Labute approximate surface area is 168 Å². The van der Waals surface area contributed by atoms with E-state index in [0.29, 0.717) is 19.5 Å². The van der Waals surface area contributed by atoms with Crippen LogP contribution < -0.4 is 10.9 Å². The largest absolute Gasteiger partial charge is 0.273 e. The van der Waals surface area contributed by atoms with Crippen molar-refractivity contribution in [2.75, 3.05) is 13.1 Å². The van der Waals surface area contributed by atoms with Crippen molar-refractivity contribution in [2.24, 2.45) is 0 Å². The summed E-state index contributed by atoms with van der Waals surface area (Å²) in [5, 5.41) is 0. The fourth-order valence-electron chi connectivity index (χ4n) is 3.05. The summed E-state index contributed by atoms with van der Waals surface area (Å²) in [6, 6.07) is 11.5. The van der Waals surface area contributed by atoms with Gasteiger partial charge in [-0.05, 0) is 55.2 Å². The summed E-state index contributed by atoms with van der Waals surface area (Å²) in [5.41, 5.74) is 5.52. The lowest BCUT2D eigenvalue weighted by molar-refractivity contribution is -0.121. The van der Waals surface area contributed by atoms with Gasteiger partial charge in [0, 0.05) is 25.1 Å². The molecule has 0 bridgehead atoms. The number of hydrazine groups is 1. The normalized spacial score (nSPS) is 14.5. The van der Waals surface area contributed by atoms with Gasteiger partial charge in [0.2, 0.25) is 15.9 Å². The zero-order chi connectivity index (χ0) is 20.9. The van der Waals surface area contributed by atoms with Gasteiger partial charge >= 0.3 is 0 Å². The minimum absolute atomic E-state index is 0.0506. The monoisotopic (exact) mass is 419 g/mol. The third-order valence-electron chi connectivity index (χ3n) is 4.67. The quantitative estimate of drug-likeness (QED) is 0.700. The lowest BCUT2D eigenvalue weighted by Gasteiger charge is -2.16. The third-order valence-corrected chi connectivity index (χ3v) is 6.56. The van der Waals surface area contributed by atoms with E-state index >= 15 is 0 Å². The van der Waals surface area contributed by atoms with Crippen molar-refractivity contribution in [3.05, 3.63) is 65.5 Å². The maximum Gasteiger partial charge on any atom is 0.269 e. The smallest absolute Gasteiger partial charge is 0.269 e. The molecule has 1 aliphatic heterocycles. The summed E-state index contributed by atoms with van der Waals surface area (Å²) in [4.78, 5) is 24.3. The Morgan fingerprint density at radius 2 is 1.69 bits per heavy atom. The maximum absolute atomic E-state index is 12.9. The highest BCUT2D eigenvalue weighted by molar-refractivity contribution is 7.89. The lowest BCUT2D eigenvalue weighted by atomic mass is 10.1. The molecular weight excluding hydrogens is 397 g/mol. The minimum Gasteiger partial charge on any atom is -0.273 e. The Kier molecular flexibility index (Phi) is 6.60. The molecular formula is C20H22FN3O4S. The molecule has 0 saturated carbocycles. The highest BCUT2D eigenvalue weighted by Gasteiger charge is 2.27. The van der Waals surface area contributed by atoms with Crippen LogP contribution in [0.2, 0.25) is 0 Å². The predicted molar refractivity (Wildman–Crippen MR) is 105 cm³/mol. The van der Waals surface area contributed by atoms with E-state index in [9.17, 15) is 22.4 Å². The van der Waals surface area contributed by atoms with Crippen molar-refractivity contribution in [2.45, 2.75) is 30.6 Å². The van der Waals surface area contributed by atoms with Gasteiger partial charge < -0.3 is 0 Å². The number of benzene rings is 2. The van der Waals surface area contributed by atoms with Crippen LogP contribution in [-0.2, 0) is 21.2 Å². The standard InChI is InChI=1S/C20H22FN3O4S/c21-17-9-6-15(7-10-17)8-11-19(25)22-23-20(26)16-4-3-5-18(14-16)29(27,28)24-12-1-2-13-24/h3-7,9-10,14H,1-2,8,11-13H2,(H,22,25)(H,23,26). The first-order valence-electron chi connectivity index (χ1n) is 9.30. The van der Waals surface area contributed by atoms with Crippen LogP contribution in [0.1, 0.15) is 35.2 Å². The zero-order valence-electron chi connectivity index (χ0n) is 15.7. The number of aryl methyl sites for hydroxylation is 1. The zero-order valence-corrected chi connectivity index (χ0v) is 16.5. The second-order valence-electron chi connectivity index (χ2n) is 6.77. The van der Waals surface area contributed by atoms with Crippen molar-refractivity contribution in [1.82, 2.24) is 15.2 Å². The molecule has 0 unspecified atom stereocenters. The molecule has 7 nitrogen and oxygen atoms in total. The van der Waals surface area contributed by atoms with Crippen molar-refractivity contribution < 1.29 is 22.4 Å². The van der Waals surface area contributed by atoms with Crippen LogP contribution in [0.4, 0.5) is 4.39 Å². The Hall–Kier alpha value is -2.78. The number of carbonyl (C=O) groups is 2. The molecule has 3 rings (SSSR count). The number of amides is 2. The van der Waals surface area contributed by atoms with E-state index < -0.39 is 21.8 Å². The molecule has 2 amide bonds. The van der Waals surface area contributed by atoms with E-state index in [4.69, 9.17) is 0 Å². The molecule has 154 valence electrons. The predicted octanol–water partition coefficient (Wildman–Crippen LogP) is 2.00. The van der Waals surface area contributed by atoms with Crippen LogP contribution in [0.25, 0.3) is 0 Å². The summed E-state index contributed by atoms with van der Waals surface area (Å²) in [7, 11) is -3.63. The number of nitrogens with zero attached hydrogens (tertiary/aromatic N) is 1. The fourth-order valence-corrected chi connectivity index (χ4v) is 4.61. The Bertz CT molecular complexity index is 987. The SMILES string of the molecule is O=C(CCc1ccc(F)cc1)NNC(=O)c1cccc(S(=O)(=O)N2CCCC2)c1. The molecule has 2 N–H and O–H groups in total. The number of halogens is 1. The van der Waals surface area contributed by atoms with Crippen LogP contribution in [0.3, 0.4) is 0 Å². The van der Waals surface area contributed by atoms with Crippen LogP contribution in [0.5, 0.6) is 0 Å². The summed E-state index contributed by atoms with van der Waals surface area (Å²) >= 11 is 0. The Balaban J connectivity index is 1.55. The van der Waals surface area contributed by atoms with Gasteiger partial charge in [0.25, 0.3) is 5.91 Å². The molecule has 0 aliphatic carbocycles. The third kappa shape index (κ3) is 5.39. The molecule has 2 aromatic carbocycles. The molecule has 1 fully saturated rings. The number of hydrogen-bond acceptors (Lipinski definition) is 4. The fraction of sp³-hybridized carbons (Fsp3) is 0.300. The van der Waals surface area contributed by atoms with E-state index in [2.05, 4.69) is 10.9 Å². The van der Waals surface area contributed by atoms with Crippen molar-refractivity contribution in [3.63, 3.8) is 0 Å². The number of hydrogen-bond donors (Lipinski definition) is 2. The number of nitrogens with one attached hydrogen (secondary N) is 2. The van der Waals surface area contributed by atoms with Crippen LogP contribution in [0, 0.1) is 5.82 Å². The van der Waals surface area contributed by atoms with E-state index in [-0.39, 0.29) is 22.7 Å². The Morgan fingerprint density at radius 3 is 2.38 bits per heavy atom. The summed E-state index contributed by atoms with van der Waals surface area (Å²) in [5.74, 6) is -1.37. The average molecular weight is 419 g/mol. The van der Waals surface area contributed by atoms with Crippen molar-refractivity contribution >= 4 is 21.8 Å². The molecule has 0 radical (unpaired) electrons. The summed E-state index contributed by atoms with van der Waals surface area (Å²) < 4.78 is 39.5. The molecule has 1 saturated heterocycles. The highest BCUT2D eigenvalue weighted by atomic mass is 32.2. The van der Waals surface area contributed by atoms with Crippen molar-refractivity contribution in [3.8, 4) is 0 Å². The van der Waals surface area contributed by atoms with Gasteiger partial charge in [-0.3, -0.25) is 20.4 Å². The second kappa shape index (κ2) is 9.15. The van der Waals surface area contributed by atoms with E-state index in [1.165, 1.54) is 40.7 Å². The van der Waals surface area contributed by atoms with Gasteiger partial charge in [0.1, 0.15) is 5.82 Å². The topological polar surface area (TPSA) is 95.6 Å².